The fourth-order valence-electron chi connectivity index (χ4n) is 9.50. The maximum atomic E-state index is 6.10. The summed E-state index contributed by atoms with van der Waals surface area (Å²) in [5, 5.41) is 0. The second-order valence-electron chi connectivity index (χ2n) is 26.8. The van der Waals surface area contributed by atoms with Crippen LogP contribution in [0.5, 0.6) is 0 Å². The van der Waals surface area contributed by atoms with Crippen molar-refractivity contribution in [2.45, 2.75) is 225 Å². The molecule has 7 nitrogen and oxygen atoms in total. The van der Waals surface area contributed by atoms with E-state index in [1.165, 1.54) is 77.9 Å². The second-order valence-corrected chi connectivity index (χ2v) is 26.8. The molecule has 0 heterocycles. The van der Waals surface area contributed by atoms with E-state index < -0.39 is 0 Å². The van der Waals surface area contributed by atoms with Gasteiger partial charge in [0.25, 0.3) is 0 Å². The van der Waals surface area contributed by atoms with Crippen molar-refractivity contribution in [2.24, 2.45) is 0 Å². The Morgan fingerprint density at radius 1 is 0.337 bits per heavy atom. The van der Waals surface area contributed by atoms with Gasteiger partial charge in [0.1, 0.15) is 0 Å². The minimum absolute atomic E-state index is 0.125. The van der Waals surface area contributed by atoms with Gasteiger partial charge >= 0.3 is 0 Å². The summed E-state index contributed by atoms with van der Waals surface area (Å²) >= 11 is 0. The minimum Gasteiger partial charge on any atom is -0.398 e. The molecule has 0 aliphatic carbocycles. The predicted molar refractivity (Wildman–Crippen MR) is 375 cm³/mol. The maximum absolute atomic E-state index is 6.10. The highest BCUT2D eigenvalue weighted by Crippen LogP contribution is 2.33. The Bertz CT molecular complexity index is 3010. The van der Waals surface area contributed by atoms with E-state index in [1.807, 2.05) is 58.0 Å². The SMILES string of the molecule is CC(C)(C)c1ccc(C(C)(C)C)c(N)c1.CC(C)(C)c1ccccc1N.CCc1cccc(C(C)CC)c1N.CCc1cccc(CC)c1N.Cc1cc(C)c(N)c(C)c1.Cc1cccc(C(C)(C)C)c1N.Cc1cccc(C(C)C)c1N. The lowest BCUT2D eigenvalue weighted by molar-refractivity contribution is 0.579. The van der Waals surface area contributed by atoms with Crippen LogP contribution >= 0.6 is 0 Å². The number of hydrogen-bond acceptors (Lipinski definition) is 7. The summed E-state index contributed by atoms with van der Waals surface area (Å²) in [5.41, 5.74) is 66.0. The quantitative estimate of drug-likeness (QED) is 0.0809. The Hall–Kier alpha value is -6.86. The molecule has 7 aromatic rings. The van der Waals surface area contributed by atoms with E-state index in [-0.39, 0.29) is 21.7 Å². The van der Waals surface area contributed by atoms with Gasteiger partial charge in [-0.05, 0) is 178 Å². The number of benzene rings is 7. The van der Waals surface area contributed by atoms with Crippen molar-refractivity contribution in [2.75, 3.05) is 40.1 Å². The smallest absolute Gasteiger partial charge is 0.0381 e. The molecule has 0 aliphatic rings. The van der Waals surface area contributed by atoms with Crippen LogP contribution in [0.4, 0.5) is 39.8 Å². The average Bonchev–Trinajstić information content (AvgIpc) is 3.51. The number of hydrogen-bond donors (Lipinski definition) is 7. The van der Waals surface area contributed by atoms with Gasteiger partial charge in [-0.15, -0.1) is 0 Å². The molecule has 1 unspecified atom stereocenters. The van der Waals surface area contributed by atoms with Gasteiger partial charge in [0.2, 0.25) is 0 Å². The molecule has 7 heteroatoms. The van der Waals surface area contributed by atoms with Crippen LogP contribution in [0.25, 0.3) is 0 Å². The number of aryl methyl sites for hydroxylation is 8. The summed E-state index contributed by atoms with van der Waals surface area (Å²) < 4.78 is 0. The van der Waals surface area contributed by atoms with Crippen LogP contribution in [-0.4, -0.2) is 0 Å². The van der Waals surface area contributed by atoms with Crippen LogP contribution in [0.3, 0.4) is 0 Å². The molecule has 7 aromatic carbocycles. The lowest BCUT2D eigenvalue weighted by Crippen LogP contribution is -2.17. The first-order valence-corrected chi connectivity index (χ1v) is 30.3. The highest BCUT2D eigenvalue weighted by atomic mass is 14.6. The van der Waals surface area contributed by atoms with Crippen molar-refractivity contribution in [1.29, 1.82) is 0 Å². The molecule has 14 N–H and O–H groups in total. The molecule has 0 bridgehead atoms. The van der Waals surface area contributed by atoms with E-state index >= 15 is 0 Å². The molecular weight excluding hydrogens is 1010 g/mol. The zero-order chi connectivity index (χ0) is 64.0. The van der Waals surface area contributed by atoms with Crippen LogP contribution in [0.1, 0.15) is 228 Å². The van der Waals surface area contributed by atoms with Crippen molar-refractivity contribution in [1.82, 2.24) is 0 Å². The zero-order valence-corrected chi connectivity index (χ0v) is 56.6. The van der Waals surface area contributed by atoms with Crippen molar-refractivity contribution < 1.29 is 0 Å². The third-order valence-electron chi connectivity index (χ3n) is 15.1. The maximum Gasteiger partial charge on any atom is 0.0381 e. The standard InChI is InChI=1S/C14H23N.C12H19N.C11H17N.3C10H15N.C9H13N/c1-13(2,3)10-7-8-11(12(15)9-10)14(4,5)6;1-4-9(3)11-8-6-7-10(5-2)12(11)13;1-8-6-5-7-9(10(8)12)11(2,3)4;1-10(2,3)8-6-4-5-7-9(8)11;1-7(2)9-6-4-5-8(3)10(9)11;1-3-8-6-5-7-9(4-2)10(8)11;1-6-4-7(2)9(10)8(3)5-6/h7-9H,15H2,1-6H3;6-9H,4-5,13H2,1-3H3;5-7H,12H2,1-4H3;2*4-7H,11H2,1-3H3;5-7H,3-4,11H2,1-2H3;4-5H,10H2,1-3H3. The molecule has 0 radical (unpaired) electrons. The molecule has 0 aromatic heterocycles. The highest BCUT2D eigenvalue weighted by Gasteiger charge is 2.21. The second kappa shape index (κ2) is 33.4. The molecular formula is C76H117N7. The van der Waals surface area contributed by atoms with Crippen molar-refractivity contribution in [3.8, 4) is 0 Å². The Morgan fingerprint density at radius 3 is 1.12 bits per heavy atom. The molecule has 456 valence electrons. The summed E-state index contributed by atoms with van der Waals surface area (Å²) in [5.74, 6) is 1.10. The Morgan fingerprint density at radius 2 is 0.735 bits per heavy atom. The van der Waals surface area contributed by atoms with Crippen LogP contribution in [0.15, 0.2) is 127 Å². The van der Waals surface area contributed by atoms with Crippen LogP contribution in [0.2, 0.25) is 0 Å². The van der Waals surface area contributed by atoms with Gasteiger partial charge in [0.05, 0.1) is 0 Å². The van der Waals surface area contributed by atoms with Gasteiger partial charge in [0.15, 0.2) is 0 Å². The number of nitrogen functional groups attached to an aromatic ring is 7. The summed E-state index contributed by atoms with van der Waals surface area (Å²) in [7, 11) is 0. The van der Waals surface area contributed by atoms with Gasteiger partial charge in [-0.2, -0.15) is 0 Å². The lowest BCUT2D eigenvalue weighted by atomic mass is 9.81. The molecule has 0 saturated heterocycles. The third-order valence-corrected chi connectivity index (χ3v) is 15.1. The van der Waals surface area contributed by atoms with E-state index in [0.717, 1.165) is 65.5 Å². The predicted octanol–water partition coefficient (Wildman–Crippen LogP) is 19.9. The molecule has 0 aliphatic heterocycles. The van der Waals surface area contributed by atoms with E-state index in [0.29, 0.717) is 11.8 Å². The molecule has 0 saturated carbocycles. The summed E-state index contributed by atoms with van der Waals surface area (Å²) in [6, 6.07) is 43.7. The Labute approximate surface area is 508 Å². The Balaban J connectivity index is 0.000000486. The van der Waals surface area contributed by atoms with Crippen LogP contribution in [-0.2, 0) is 40.9 Å². The van der Waals surface area contributed by atoms with E-state index in [2.05, 4.69) is 236 Å². The number of rotatable bonds is 6. The molecule has 1 atom stereocenters. The molecule has 0 amide bonds. The number of nitrogens with two attached hydrogens (primary N) is 7. The van der Waals surface area contributed by atoms with Crippen molar-refractivity contribution in [3.05, 3.63) is 205 Å². The van der Waals surface area contributed by atoms with Gasteiger partial charge in [-0.3, -0.25) is 0 Å². The summed E-state index contributed by atoms with van der Waals surface area (Å²) in [6.07, 6.45) is 4.23. The summed E-state index contributed by atoms with van der Waals surface area (Å²) in [6.45, 7) is 51.6. The van der Waals surface area contributed by atoms with E-state index in [9.17, 15) is 0 Å². The van der Waals surface area contributed by atoms with E-state index in [4.69, 9.17) is 40.1 Å². The number of para-hydroxylation sites is 5. The topological polar surface area (TPSA) is 182 Å². The zero-order valence-electron chi connectivity index (χ0n) is 56.6. The van der Waals surface area contributed by atoms with Gasteiger partial charge in [-0.25, -0.2) is 0 Å². The van der Waals surface area contributed by atoms with Crippen LogP contribution < -0.4 is 40.1 Å². The molecule has 0 spiro atoms. The van der Waals surface area contributed by atoms with Gasteiger partial charge in [0, 0.05) is 39.8 Å². The highest BCUT2D eigenvalue weighted by molar-refractivity contribution is 5.59. The third kappa shape index (κ3) is 24.1. The fourth-order valence-corrected chi connectivity index (χ4v) is 9.50. The first kappa shape index (κ1) is 74.2. The largest absolute Gasteiger partial charge is 0.398 e. The van der Waals surface area contributed by atoms with Crippen LogP contribution in [0, 0.1) is 34.6 Å². The minimum atomic E-state index is 0.125. The lowest BCUT2D eigenvalue weighted by Gasteiger charge is -2.25. The van der Waals surface area contributed by atoms with Gasteiger partial charge < -0.3 is 40.1 Å². The van der Waals surface area contributed by atoms with E-state index in [1.54, 1.807) is 0 Å². The average molecular weight is 1130 g/mol. The number of anilines is 7. The molecule has 7 rings (SSSR count). The fraction of sp³-hybridized carbons (Fsp3) is 0.447. The van der Waals surface area contributed by atoms with Crippen molar-refractivity contribution >= 4 is 39.8 Å². The Kier molecular flexibility index (Phi) is 29.9. The molecule has 0 fully saturated rings. The first-order valence-electron chi connectivity index (χ1n) is 30.3. The monoisotopic (exact) mass is 1130 g/mol. The first-order chi connectivity index (χ1) is 38.3. The summed E-state index contributed by atoms with van der Waals surface area (Å²) in [4.78, 5) is 0. The normalized spacial score (nSPS) is 11.5. The molecule has 83 heavy (non-hydrogen) atoms. The van der Waals surface area contributed by atoms with Gasteiger partial charge in [-0.1, -0.05) is 252 Å². The van der Waals surface area contributed by atoms with Crippen molar-refractivity contribution in [3.63, 3.8) is 0 Å².